The first kappa shape index (κ1) is 19.2. The molecule has 0 saturated heterocycles. The molecule has 4 nitrogen and oxygen atoms in total. The van der Waals surface area contributed by atoms with E-state index in [1.807, 2.05) is 92.7 Å². The molecule has 0 saturated carbocycles. The molecule has 0 aliphatic carbocycles. The lowest BCUT2D eigenvalue weighted by Gasteiger charge is -2.11. The minimum Gasteiger partial charge on any atom is -0.493 e. The molecule has 0 fully saturated rings. The van der Waals surface area contributed by atoms with Gasteiger partial charge in [-0.1, -0.05) is 42.5 Å². The Morgan fingerprint density at radius 2 is 1.57 bits per heavy atom. The number of hydrogen-bond donors (Lipinski definition) is 0. The number of aryl methyl sites for hydroxylation is 1. The Labute approximate surface area is 165 Å². The molecule has 0 unspecified atom stereocenters. The van der Waals surface area contributed by atoms with Crippen molar-refractivity contribution in [3.63, 3.8) is 0 Å². The fourth-order valence-electron chi connectivity index (χ4n) is 2.52. The SMILES string of the molecule is COc1ccccc1O/C=C(\C)C(=Nc1ccccc1)Oc1cccc(C)c1. The van der Waals surface area contributed by atoms with E-state index in [0.717, 1.165) is 22.6 Å². The highest BCUT2D eigenvalue weighted by Crippen LogP contribution is 2.26. The molecule has 0 amide bonds. The van der Waals surface area contributed by atoms with Gasteiger partial charge in [-0.3, -0.25) is 0 Å². The lowest BCUT2D eigenvalue weighted by Crippen LogP contribution is -2.11. The van der Waals surface area contributed by atoms with Gasteiger partial charge in [-0.2, -0.15) is 0 Å². The van der Waals surface area contributed by atoms with Crippen molar-refractivity contribution in [1.82, 2.24) is 0 Å². The maximum Gasteiger partial charge on any atom is 0.225 e. The summed E-state index contributed by atoms with van der Waals surface area (Å²) in [5, 5.41) is 0. The van der Waals surface area contributed by atoms with Crippen LogP contribution in [0.3, 0.4) is 0 Å². The Kier molecular flexibility index (Phi) is 6.47. The quantitative estimate of drug-likeness (QED) is 0.298. The molecule has 0 atom stereocenters. The van der Waals surface area contributed by atoms with Crippen molar-refractivity contribution in [2.75, 3.05) is 7.11 Å². The largest absolute Gasteiger partial charge is 0.493 e. The lowest BCUT2D eigenvalue weighted by molar-refractivity contribution is 0.377. The molecule has 142 valence electrons. The van der Waals surface area contributed by atoms with Crippen molar-refractivity contribution in [2.45, 2.75) is 13.8 Å². The smallest absolute Gasteiger partial charge is 0.225 e. The van der Waals surface area contributed by atoms with E-state index in [2.05, 4.69) is 4.99 Å². The van der Waals surface area contributed by atoms with E-state index >= 15 is 0 Å². The second-order valence-electron chi connectivity index (χ2n) is 6.24. The molecule has 4 heteroatoms. The van der Waals surface area contributed by atoms with Crippen LogP contribution in [0.25, 0.3) is 0 Å². The van der Waals surface area contributed by atoms with Crippen LogP contribution >= 0.6 is 0 Å². The van der Waals surface area contributed by atoms with E-state index in [1.165, 1.54) is 0 Å². The second-order valence-corrected chi connectivity index (χ2v) is 6.24. The van der Waals surface area contributed by atoms with Gasteiger partial charge in [0.25, 0.3) is 0 Å². The number of rotatable bonds is 6. The lowest BCUT2D eigenvalue weighted by atomic mass is 10.2. The molecular formula is C24H23NO3. The zero-order valence-electron chi connectivity index (χ0n) is 16.3. The Hall–Kier alpha value is -3.53. The van der Waals surface area contributed by atoms with Gasteiger partial charge in [0.15, 0.2) is 11.5 Å². The number of ether oxygens (including phenoxy) is 3. The second kappa shape index (κ2) is 9.42. The van der Waals surface area contributed by atoms with E-state index in [9.17, 15) is 0 Å². The van der Waals surface area contributed by atoms with E-state index in [4.69, 9.17) is 14.2 Å². The average molecular weight is 373 g/mol. The summed E-state index contributed by atoms with van der Waals surface area (Å²) in [6.45, 7) is 3.92. The van der Waals surface area contributed by atoms with Crippen LogP contribution in [0.2, 0.25) is 0 Å². The van der Waals surface area contributed by atoms with E-state index in [1.54, 1.807) is 13.4 Å². The predicted octanol–water partition coefficient (Wildman–Crippen LogP) is 6.10. The normalized spacial score (nSPS) is 11.8. The van der Waals surface area contributed by atoms with Crippen molar-refractivity contribution < 1.29 is 14.2 Å². The van der Waals surface area contributed by atoms with Crippen molar-refractivity contribution >= 4 is 11.6 Å². The minimum atomic E-state index is 0.465. The Morgan fingerprint density at radius 1 is 0.857 bits per heavy atom. The summed E-state index contributed by atoms with van der Waals surface area (Å²) in [5.74, 6) is 2.47. The van der Waals surface area contributed by atoms with Gasteiger partial charge in [0, 0.05) is 5.57 Å². The number of para-hydroxylation sites is 3. The predicted molar refractivity (Wildman–Crippen MR) is 113 cm³/mol. The molecule has 0 aliphatic heterocycles. The Balaban J connectivity index is 1.90. The molecule has 3 aromatic carbocycles. The summed E-state index contributed by atoms with van der Waals surface area (Å²) in [6.07, 6.45) is 1.62. The van der Waals surface area contributed by atoms with Gasteiger partial charge < -0.3 is 14.2 Å². The summed E-state index contributed by atoms with van der Waals surface area (Å²) in [6, 6.07) is 25.0. The summed E-state index contributed by atoms with van der Waals surface area (Å²) >= 11 is 0. The van der Waals surface area contributed by atoms with Crippen molar-refractivity contribution in [3.8, 4) is 17.2 Å². The van der Waals surface area contributed by atoms with Gasteiger partial charge in [-0.25, -0.2) is 4.99 Å². The van der Waals surface area contributed by atoms with E-state index in [-0.39, 0.29) is 0 Å². The van der Waals surface area contributed by atoms with E-state index in [0.29, 0.717) is 17.4 Å². The number of aliphatic imine (C=N–C) groups is 1. The first-order valence-electron chi connectivity index (χ1n) is 9.01. The maximum atomic E-state index is 6.08. The Morgan fingerprint density at radius 3 is 2.29 bits per heavy atom. The maximum absolute atomic E-state index is 6.08. The fourth-order valence-corrected chi connectivity index (χ4v) is 2.52. The topological polar surface area (TPSA) is 40.0 Å². The number of hydrogen-bond acceptors (Lipinski definition) is 4. The summed E-state index contributed by atoms with van der Waals surface area (Å²) in [7, 11) is 1.61. The van der Waals surface area contributed by atoms with Crippen molar-refractivity contribution in [3.05, 3.63) is 96.3 Å². The van der Waals surface area contributed by atoms with Gasteiger partial charge in [0.2, 0.25) is 5.90 Å². The number of nitrogens with zero attached hydrogens (tertiary/aromatic N) is 1. The summed E-state index contributed by atoms with van der Waals surface area (Å²) < 4.78 is 17.2. The van der Waals surface area contributed by atoms with Crippen LogP contribution < -0.4 is 14.2 Å². The van der Waals surface area contributed by atoms with Crippen LogP contribution in [-0.4, -0.2) is 13.0 Å². The number of benzene rings is 3. The van der Waals surface area contributed by atoms with Crippen LogP contribution in [-0.2, 0) is 0 Å². The summed E-state index contributed by atoms with van der Waals surface area (Å²) in [5.41, 5.74) is 2.66. The zero-order valence-corrected chi connectivity index (χ0v) is 16.3. The van der Waals surface area contributed by atoms with Crippen molar-refractivity contribution in [1.29, 1.82) is 0 Å². The van der Waals surface area contributed by atoms with E-state index < -0.39 is 0 Å². The van der Waals surface area contributed by atoms with Gasteiger partial charge in [-0.15, -0.1) is 0 Å². The van der Waals surface area contributed by atoms with Crippen LogP contribution in [0.1, 0.15) is 12.5 Å². The van der Waals surface area contributed by atoms with Crippen molar-refractivity contribution in [2.24, 2.45) is 4.99 Å². The molecule has 0 N–H and O–H groups in total. The van der Waals surface area contributed by atoms with Crippen LogP contribution in [0.5, 0.6) is 17.2 Å². The standard InChI is InChI=1S/C24H23NO3/c1-18-10-9-13-21(16-18)28-24(25-20-11-5-4-6-12-20)19(2)17-27-23-15-8-7-14-22(23)26-3/h4-17H,1-3H3/b19-17+,25-24?. The molecule has 3 aromatic rings. The highest BCUT2D eigenvalue weighted by atomic mass is 16.5. The highest BCUT2D eigenvalue weighted by Gasteiger charge is 2.09. The Bertz CT molecular complexity index is 978. The molecule has 28 heavy (non-hydrogen) atoms. The van der Waals surface area contributed by atoms with Gasteiger partial charge >= 0.3 is 0 Å². The van der Waals surface area contributed by atoms with Gasteiger partial charge in [0.05, 0.1) is 19.1 Å². The molecular weight excluding hydrogens is 350 g/mol. The van der Waals surface area contributed by atoms with Gasteiger partial charge in [0.1, 0.15) is 5.75 Å². The highest BCUT2D eigenvalue weighted by molar-refractivity contribution is 5.96. The average Bonchev–Trinajstić information content (AvgIpc) is 2.72. The molecule has 0 heterocycles. The third-order valence-corrected chi connectivity index (χ3v) is 3.96. The fraction of sp³-hybridized carbons (Fsp3) is 0.125. The van der Waals surface area contributed by atoms with Crippen LogP contribution in [0.4, 0.5) is 5.69 Å². The zero-order chi connectivity index (χ0) is 19.8. The van der Waals surface area contributed by atoms with Crippen LogP contribution in [0, 0.1) is 6.92 Å². The minimum absolute atomic E-state index is 0.465. The third-order valence-electron chi connectivity index (χ3n) is 3.96. The number of methoxy groups -OCH3 is 1. The molecule has 0 spiro atoms. The first-order valence-corrected chi connectivity index (χ1v) is 9.01. The molecule has 0 aromatic heterocycles. The van der Waals surface area contributed by atoms with Crippen LogP contribution in [0.15, 0.2) is 95.7 Å². The monoisotopic (exact) mass is 373 g/mol. The third kappa shape index (κ3) is 5.24. The molecule has 0 bridgehead atoms. The van der Waals surface area contributed by atoms with Gasteiger partial charge in [-0.05, 0) is 55.8 Å². The molecule has 0 radical (unpaired) electrons. The molecule has 3 rings (SSSR count). The summed E-state index contributed by atoms with van der Waals surface area (Å²) in [4.78, 5) is 4.65. The first-order chi connectivity index (χ1) is 13.7. The molecule has 0 aliphatic rings.